The third-order valence-corrected chi connectivity index (χ3v) is 3.70. The van der Waals surface area contributed by atoms with Crippen molar-refractivity contribution in [1.29, 1.82) is 0 Å². The van der Waals surface area contributed by atoms with Gasteiger partial charge in [0.25, 0.3) is 0 Å². The molecule has 1 radical (unpaired) electrons. The Bertz CT molecular complexity index is 564. The summed E-state index contributed by atoms with van der Waals surface area (Å²) in [6.45, 7) is 0. The number of hydrogen-bond donors (Lipinski definition) is 0. The summed E-state index contributed by atoms with van der Waals surface area (Å²) >= 11 is 0. The first-order chi connectivity index (χ1) is 8.93. The maximum atomic E-state index is 2.26. The van der Waals surface area contributed by atoms with Crippen LogP contribution in [0.2, 0.25) is 0 Å². The number of fused-ring (bicyclic) bond motifs is 2. The molecule has 0 saturated carbocycles. The van der Waals surface area contributed by atoms with Crippen LogP contribution in [0.1, 0.15) is 24.0 Å². The van der Waals surface area contributed by atoms with E-state index < -0.39 is 0 Å². The average Bonchev–Trinajstić information content (AvgIpc) is 3.08. The molecule has 0 bridgehead atoms. The molecule has 3 aromatic carbocycles. The van der Waals surface area contributed by atoms with Gasteiger partial charge >= 0.3 is 0 Å². The predicted octanol–water partition coefficient (Wildman–Crippen LogP) is 4.84. The van der Waals surface area contributed by atoms with E-state index in [2.05, 4.69) is 60.7 Å². The molecule has 1 aliphatic rings. The van der Waals surface area contributed by atoms with Gasteiger partial charge in [-0.25, -0.2) is 12.8 Å². The van der Waals surface area contributed by atoms with E-state index in [9.17, 15) is 0 Å². The predicted molar refractivity (Wildman–Crippen MR) is 78.2 cm³/mol. The standard InChI is InChI=1S/C9H11.C9H7.Co/c2*1-2-5-9-7-3-6-8(9)4-1;/h3,6-7H,1-2,4-5H2;1-7H;/q-5;-1;. The third-order valence-electron chi connectivity index (χ3n) is 3.70. The van der Waals surface area contributed by atoms with Crippen molar-refractivity contribution < 1.29 is 16.8 Å². The summed E-state index contributed by atoms with van der Waals surface area (Å²) in [7, 11) is 0. The zero-order chi connectivity index (χ0) is 12.2. The fourth-order valence-corrected chi connectivity index (χ4v) is 2.68. The average molecular weight is 293 g/mol. The van der Waals surface area contributed by atoms with Crippen LogP contribution in [-0.2, 0) is 29.6 Å². The number of benzene rings is 1. The Balaban J connectivity index is 0.000000133. The Hall–Kier alpha value is -1.31. The summed E-state index contributed by atoms with van der Waals surface area (Å²) in [6.07, 6.45) is 5.44. The van der Waals surface area contributed by atoms with Crippen LogP contribution >= 0.6 is 0 Å². The summed E-state index contributed by atoms with van der Waals surface area (Å²) in [5, 5.41) is 2.66. The monoisotopic (exact) mass is 293 g/mol. The summed E-state index contributed by atoms with van der Waals surface area (Å²) in [5.41, 5.74) is 3.20. The van der Waals surface area contributed by atoms with Crippen LogP contribution in [0.3, 0.4) is 0 Å². The van der Waals surface area contributed by atoms with E-state index in [1.165, 1.54) is 36.5 Å². The van der Waals surface area contributed by atoms with Crippen molar-refractivity contribution in [3.05, 3.63) is 71.8 Å². The van der Waals surface area contributed by atoms with Gasteiger partial charge in [-0.1, -0.05) is 18.2 Å². The maximum Gasteiger partial charge on any atom is 0 e. The van der Waals surface area contributed by atoms with Gasteiger partial charge in [-0.05, 0) is 0 Å². The molecule has 0 N–H and O–H groups in total. The number of hydrogen-bond acceptors (Lipinski definition) is 0. The Morgan fingerprint density at radius 2 is 1.47 bits per heavy atom. The first-order valence-electron chi connectivity index (χ1n) is 6.77. The zero-order valence-electron chi connectivity index (χ0n) is 10.9. The second-order valence-electron chi connectivity index (χ2n) is 4.94. The molecule has 1 heteroatoms. The molecule has 0 aromatic heterocycles. The van der Waals surface area contributed by atoms with Gasteiger partial charge in [-0.3, -0.25) is 0 Å². The van der Waals surface area contributed by atoms with Crippen molar-refractivity contribution in [2.24, 2.45) is 0 Å². The Morgan fingerprint density at radius 3 is 2.16 bits per heavy atom. The van der Waals surface area contributed by atoms with Crippen molar-refractivity contribution in [3.63, 3.8) is 0 Å². The fraction of sp³-hybridized carbons (Fsp3) is 0.222. The van der Waals surface area contributed by atoms with E-state index in [1.54, 1.807) is 11.1 Å². The molecule has 0 aliphatic heterocycles. The number of rotatable bonds is 0. The van der Waals surface area contributed by atoms with Crippen molar-refractivity contribution in [3.8, 4) is 0 Å². The maximum absolute atomic E-state index is 2.26. The van der Waals surface area contributed by atoms with Crippen molar-refractivity contribution >= 4 is 10.8 Å². The van der Waals surface area contributed by atoms with Crippen molar-refractivity contribution in [1.82, 2.24) is 0 Å². The first-order valence-corrected chi connectivity index (χ1v) is 6.77. The summed E-state index contributed by atoms with van der Waals surface area (Å²) in [5.74, 6) is 0. The quantitative estimate of drug-likeness (QED) is 0.520. The van der Waals surface area contributed by atoms with Gasteiger partial charge in [-0.2, -0.15) is 12.1 Å². The minimum atomic E-state index is 0. The van der Waals surface area contributed by atoms with E-state index in [4.69, 9.17) is 0 Å². The smallest absolute Gasteiger partial charge is 0 e. The molecule has 3 aromatic rings. The van der Waals surface area contributed by atoms with Crippen LogP contribution in [-0.4, -0.2) is 0 Å². The molecule has 0 fully saturated rings. The van der Waals surface area contributed by atoms with Gasteiger partial charge in [0.15, 0.2) is 0 Å². The molecule has 0 saturated heterocycles. The third kappa shape index (κ3) is 3.37. The molecule has 0 unspecified atom stereocenters. The van der Waals surface area contributed by atoms with E-state index >= 15 is 0 Å². The van der Waals surface area contributed by atoms with E-state index in [-0.39, 0.29) is 16.8 Å². The van der Waals surface area contributed by atoms with E-state index in [1.807, 2.05) is 0 Å². The summed E-state index contributed by atoms with van der Waals surface area (Å²) < 4.78 is 0. The molecule has 1 aliphatic carbocycles. The Labute approximate surface area is 125 Å². The van der Waals surface area contributed by atoms with E-state index in [0.717, 1.165) is 0 Å². The summed E-state index contributed by atoms with van der Waals surface area (Å²) in [4.78, 5) is 0. The largest absolute Gasteiger partial charge is 0.747 e. The van der Waals surface area contributed by atoms with Gasteiger partial charge in [0.05, 0.1) is 0 Å². The normalized spacial score (nSPS) is 13.1. The Morgan fingerprint density at radius 1 is 0.842 bits per heavy atom. The molecular formula is C18H18Co-6. The second-order valence-corrected chi connectivity index (χ2v) is 4.94. The van der Waals surface area contributed by atoms with Gasteiger partial charge in [0, 0.05) is 16.8 Å². The topological polar surface area (TPSA) is 0 Å². The van der Waals surface area contributed by atoms with Crippen LogP contribution in [0.5, 0.6) is 0 Å². The zero-order valence-corrected chi connectivity index (χ0v) is 12.0. The van der Waals surface area contributed by atoms with Crippen LogP contribution < -0.4 is 0 Å². The molecule has 19 heavy (non-hydrogen) atoms. The van der Waals surface area contributed by atoms with Crippen LogP contribution in [0.25, 0.3) is 10.8 Å². The Kier molecular flexibility index (Phi) is 5.00. The fourth-order valence-electron chi connectivity index (χ4n) is 2.68. The van der Waals surface area contributed by atoms with Gasteiger partial charge in [-0.15, -0.1) is 35.7 Å². The molecule has 0 atom stereocenters. The molecule has 0 heterocycles. The van der Waals surface area contributed by atoms with Gasteiger partial charge < -0.3 is 29.3 Å². The minimum Gasteiger partial charge on any atom is -0.747 e. The molecule has 0 nitrogen and oxygen atoms in total. The molecule has 0 spiro atoms. The summed E-state index contributed by atoms with van der Waals surface area (Å²) in [6, 6.07) is 21.4. The SMILES string of the molecule is [Co].[cH-]1[cH-][c-]2[c-]([cH-]1)CCCC2.c1cc[c-]2cccc2c1. The van der Waals surface area contributed by atoms with Gasteiger partial charge in [0.2, 0.25) is 0 Å². The van der Waals surface area contributed by atoms with Crippen molar-refractivity contribution in [2.75, 3.05) is 0 Å². The molecular weight excluding hydrogens is 275 g/mol. The molecule has 0 amide bonds. The van der Waals surface area contributed by atoms with Crippen molar-refractivity contribution in [2.45, 2.75) is 25.7 Å². The minimum absolute atomic E-state index is 0. The van der Waals surface area contributed by atoms with E-state index in [0.29, 0.717) is 0 Å². The second kappa shape index (κ2) is 6.74. The molecule has 4 rings (SSSR count). The first kappa shape index (κ1) is 14.1. The molecule has 105 valence electrons. The van der Waals surface area contributed by atoms with Gasteiger partial charge in [0.1, 0.15) is 0 Å². The number of aryl methyl sites for hydroxylation is 2. The van der Waals surface area contributed by atoms with Crippen LogP contribution in [0, 0.1) is 0 Å². The van der Waals surface area contributed by atoms with Crippen LogP contribution in [0.4, 0.5) is 0 Å². The van der Waals surface area contributed by atoms with Crippen LogP contribution in [0.15, 0.2) is 60.7 Å².